The van der Waals surface area contributed by atoms with Crippen LogP contribution < -0.4 is 14.5 Å². The minimum atomic E-state index is 0.0369. The van der Waals surface area contributed by atoms with Crippen molar-refractivity contribution >= 4 is 49.2 Å². The van der Waals surface area contributed by atoms with Crippen LogP contribution in [0.1, 0.15) is 38.9 Å². The molecule has 0 saturated carbocycles. The van der Waals surface area contributed by atoms with Gasteiger partial charge in [0, 0.05) is 0 Å². The van der Waals surface area contributed by atoms with Crippen LogP contribution in [0.4, 0.5) is 0 Å². The van der Waals surface area contributed by atoms with Gasteiger partial charge in [-0.3, -0.25) is 0 Å². The standard InChI is InChI=1S/C20H27AsN4O2/c1-4-6-7-16-24-18-19(25(16)3)14-12-13(8-9-15(14)23-20(18)21)27-11-10-22-17(26)5-2/h8-9,12H,4-7,10-11,21H2,1-3H3,(H,22,26). The number of ether oxygens (including phenoxy) is 1. The van der Waals surface area contributed by atoms with Gasteiger partial charge in [0.25, 0.3) is 0 Å². The molecule has 1 N–H and O–H groups in total. The fraction of sp³-hybridized carbons (Fsp3) is 0.450. The normalized spacial score (nSPS) is 11.3. The Hall–Kier alpha value is -2.07. The number of carbonyl (C=O) groups excluding carboxylic acids is 1. The van der Waals surface area contributed by atoms with Gasteiger partial charge in [-0.15, -0.1) is 0 Å². The van der Waals surface area contributed by atoms with Crippen LogP contribution in [0, 0.1) is 0 Å². The van der Waals surface area contributed by atoms with Crippen molar-refractivity contribution in [2.45, 2.75) is 39.5 Å². The van der Waals surface area contributed by atoms with E-state index in [1.165, 1.54) is 16.9 Å². The number of imidazole rings is 1. The Morgan fingerprint density at radius 1 is 1.30 bits per heavy atom. The Morgan fingerprint density at radius 3 is 2.85 bits per heavy atom. The van der Waals surface area contributed by atoms with E-state index in [0.717, 1.165) is 57.3 Å². The summed E-state index contributed by atoms with van der Waals surface area (Å²) in [7, 11) is 2.08. The summed E-state index contributed by atoms with van der Waals surface area (Å²) in [5.74, 6) is 1.92. The van der Waals surface area contributed by atoms with Gasteiger partial charge in [-0.1, -0.05) is 6.92 Å². The number of carbonyl (C=O) groups is 1. The summed E-state index contributed by atoms with van der Waals surface area (Å²) in [5, 5.41) is 3.88. The number of amides is 1. The number of pyridine rings is 1. The average Bonchev–Trinajstić information content (AvgIpc) is 3.01. The third-order valence-corrected chi connectivity index (χ3v) is 5.51. The van der Waals surface area contributed by atoms with Gasteiger partial charge in [-0.25, -0.2) is 0 Å². The van der Waals surface area contributed by atoms with Crippen LogP contribution in [0.15, 0.2) is 18.2 Å². The predicted octanol–water partition coefficient (Wildman–Crippen LogP) is 1.63. The molecule has 0 aliphatic carbocycles. The molecule has 1 unspecified atom stereocenters. The zero-order valence-electron chi connectivity index (χ0n) is 16.2. The van der Waals surface area contributed by atoms with E-state index in [9.17, 15) is 4.79 Å². The van der Waals surface area contributed by atoms with Crippen molar-refractivity contribution in [3.8, 4) is 5.75 Å². The first-order valence-electron chi connectivity index (χ1n) is 9.49. The number of unbranched alkanes of at least 4 members (excludes halogenated alkanes) is 1. The van der Waals surface area contributed by atoms with Gasteiger partial charge in [0.1, 0.15) is 0 Å². The summed E-state index contributed by atoms with van der Waals surface area (Å²) in [5.41, 5.74) is 3.07. The fourth-order valence-corrected chi connectivity index (χ4v) is 3.86. The van der Waals surface area contributed by atoms with E-state index in [2.05, 4.69) is 23.9 Å². The predicted molar refractivity (Wildman–Crippen MR) is 112 cm³/mol. The van der Waals surface area contributed by atoms with Crippen molar-refractivity contribution in [2.24, 2.45) is 7.05 Å². The van der Waals surface area contributed by atoms with Crippen molar-refractivity contribution in [1.82, 2.24) is 19.9 Å². The number of hydrogen-bond donors (Lipinski definition) is 1. The van der Waals surface area contributed by atoms with Crippen LogP contribution >= 0.6 is 0 Å². The molecule has 0 spiro atoms. The first-order valence-corrected chi connectivity index (χ1v) is 10.7. The Labute approximate surface area is 168 Å². The molecule has 0 aliphatic rings. The van der Waals surface area contributed by atoms with Gasteiger partial charge in [-0.05, 0) is 0 Å². The third kappa shape index (κ3) is 4.27. The molecule has 0 radical (unpaired) electrons. The van der Waals surface area contributed by atoms with E-state index in [1.807, 2.05) is 25.1 Å². The first kappa shape index (κ1) is 19.7. The summed E-state index contributed by atoms with van der Waals surface area (Å²) >= 11 is 1.50. The van der Waals surface area contributed by atoms with Crippen LogP contribution in [0.5, 0.6) is 5.75 Å². The monoisotopic (exact) mass is 430 g/mol. The van der Waals surface area contributed by atoms with Gasteiger partial charge < -0.3 is 0 Å². The van der Waals surface area contributed by atoms with Crippen molar-refractivity contribution in [2.75, 3.05) is 13.2 Å². The van der Waals surface area contributed by atoms with E-state index in [1.54, 1.807) is 0 Å². The summed E-state index contributed by atoms with van der Waals surface area (Å²) in [6.07, 6.45) is 3.74. The topological polar surface area (TPSA) is 69.0 Å². The van der Waals surface area contributed by atoms with Crippen molar-refractivity contribution < 1.29 is 9.53 Å². The second-order valence-electron chi connectivity index (χ2n) is 6.62. The van der Waals surface area contributed by atoms with Gasteiger partial charge >= 0.3 is 161 Å². The summed E-state index contributed by atoms with van der Waals surface area (Å²) in [6.45, 7) is 4.97. The zero-order chi connectivity index (χ0) is 19.4. The zero-order valence-corrected chi connectivity index (χ0v) is 18.6. The van der Waals surface area contributed by atoms with Crippen LogP contribution in [0.25, 0.3) is 21.9 Å². The average molecular weight is 430 g/mol. The second-order valence-corrected chi connectivity index (χ2v) is 7.76. The molecule has 2 heterocycles. The van der Waals surface area contributed by atoms with E-state index >= 15 is 0 Å². The molecule has 1 atom stereocenters. The molecule has 0 saturated heterocycles. The maximum atomic E-state index is 11.3. The Bertz CT molecular complexity index is 968. The van der Waals surface area contributed by atoms with Crippen molar-refractivity contribution in [3.63, 3.8) is 0 Å². The Kier molecular flexibility index (Phi) is 6.37. The van der Waals surface area contributed by atoms with E-state index in [4.69, 9.17) is 14.7 Å². The van der Waals surface area contributed by atoms with Crippen molar-refractivity contribution in [3.05, 3.63) is 24.0 Å². The number of benzene rings is 1. The third-order valence-electron chi connectivity index (χ3n) is 4.66. The number of rotatable bonds is 8. The molecule has 1 amide bonds. The maximum absolute atomic E-state index is 11.3. The number of nitrogens with zero attached hydrogens (tertiary/aromatic N) is 3. The molecule has 7 heteroatoms. The van der Waals surface area contributed by atoms with E-state index < -0.39 is 0 Å². The van der Waals surface area contributed by atoms with Gasteiger partial charge in [0.2, 0.25) is 0 Å². The molecule has 0 bridgehead atoms. The summed E-state index contributed by atoms with van der Waals surface area (Å²) < 4.78 is 9.04. The second kappa shape index (κ2) is 8.74. The number of nitrogens with one attached hydrogen (secondary N) is 1. The van der Waals surface area contributed by atoms with Gasteiger partial charge in [-0.2, -0.15) is 0 Å². The van der Waals surface area contributed by atoms with Crippen LogP contribution in [0.2, 0.25) is 0 Å². The number of aromatic nitrogens is 3. The van der Waals surface area contributed by atoms with Gasteiger partial charge in [0.15, 0.2) is 0 Å². The Balaban J connectivity index is 1.91. The van der Waals surface area contributed by atoms with Crippen molar-refractivity contribution in [1.29, 1.82) is 0 Å². The molecule has 0 fully saturated rings. The molecule has 2 aromatic heterocycles. The van der Waals surface area contributed by atoms with Crippen LogP contribution in [0.3, 0.4) is 0 Å². The fourth-order valence-electron chi connectivity index (χ4n) is 3.15. The minimum absolute atomic E-state index is 0.0369. The number of hydrogen-bond acceptors (Lipinski definition) is 4. The van der Waals surface area contributed by atoms with Crippen LogP contribution in [-0.2, 0) is 18.3 Å². The molecular formula is C20H27AsN4O2. The summed E-state index contributed by atoms with van der Waals surface area (Å²) in [6, 6.07) is 5.96. The number of fused-ring (bicyclic) bond motifs is 3. The first-order chi connectivity index (χ1) is 13.0. The van der Waals surface area contributed by atoms with E-state index in [-0.39, 0.29) is 5.91 Å². The molecule has 6 nitrogen and oxygen atoms in total. The van der Waals surface area contributed by atoms with Crippen LogP contribution in [-0.4, -0.2) is 50.4 Å². The quantitative estimate of drug-likeness (QED) is 0.436. The molecular weight excluding hydrogens is 403 g/mol. The molecule has 3 aromatic rings. The molecule has 3 rings (SSSR count). The number of aryl methyl sites for hydroxylation is 2. The molecule has 144 valence electrons. The Morgan fingerprint density at radius 2 is 2.11 bits per heavy atom. The van der Waals surface area contributed by atoms with Gasteiger partial charge in [0.05, 0.1) is 0 Å². The summed E-state index contributed by atoms with van der Waals surface area (Å²) in [4.78, 5) is 20.9. The molecule has 0 aliphatic heterocycles. The SMILES string of the molecule is CCCCc1nc2c([AsH2])nc3ccc(OCCNC(=O)CC)cc3c2n1C. The van der Waals surface area contributed by atoms with E-state index in [0.29, 0.717) is 19.6 Å². The molecule has 1 aromatic carbocycles. The molecule has 27 heavy (non-hydrogen) atoms.